The van der Waals surface area contributed by atoms with Crippen molar-refractivity contribution in [3.8, 4) is 0 Å². The Morgan fingerprint density at radius 2 is 2.38 bits per heavy atom. The highest BCUT2D eigenvalue weighted by molar-refractivity contribution is 5.81. The first-order valence-electron chi connectivity index (χ1n) is 2.14. The van der Waals surface area contributed by atoms with Crippen molar-refractivity contribution in [3.05, 3.63) is 12.3 Å². The molecule has 0 unspecified atom stereocenters. The Morgan fingerprint density at radius 1 is 1.75 bits per heavy atom. The third-order valence-electron chi connectivity index (χ3n) is 0.561. The maximum atomic E-state index is 10.2. The second kappa shape index (κ2) is 4.18. The topological polar surface area (TPSA) is 40.4 Å². The van der Waals surface area contributed by atoms with Gasteiger partial charge in [-0.05, 0) is 0 Å². The Labute approximate surface area is 48.3 Å². The summed E-state index contributed by atoms with van der Waals surface area (Å²) >= 11 is 0. The summed E-state index contributed by atoms with van der Waals surface area (Å²) in [6.07, 6.45) is 2.63. The van der Waals surface area contributed by atoms with E-state index in [-0.39, 0.29) is 5.97 Å². The molecule has 0 aromatic carbocycles. The minimum Gasteiger partial charge on any atom is -0.466 e. The zero-order chi connectivity index (χ0) is 6.41. The van der Waals surface area contributed by atoms with Crippen LogP contribution >= 0.6 is 0 Å². The van der Waals surface area contributed by atoms with Gasteiger partial charge in [0.25, 0.3) is 0 Å². The average molecular weight is 114 g/mol. The van der Waals surface area contributed by atoms with Crippen molar-refractivity contribution in [3.63, 3.8) is 0 Å². The third kappa shape index (κ3) is 3.21. The number of methoxy groups -OCH3 is 1. The molecule has 0 bridgehead atoms. The fourth-order valence-corrected chi connectivity index (χ4v) is 0.203. The van der Waals surface area contributed by atoms with E-state index in [4.69, 9.17) is 0 Å². The average Bonchev–Trinajstić information content (AvgIpc) is 1.83. The van der Waals surface area contributed by atoms with Crippen LogP contribution in [0, 0.1) is 0 Å². The molecule has 0 N–H and O–H groups in total. The number of hydrogen-bond donors (Lipinski definition) is 0. The van der Waals surface area contributed by atoms with Gasteiger partial charge in [0.1, 0.15) is 0 Å². The highest BCUT2D eigenvalue weighted by atomic mass is 16.5. The van der Waals surface area contributed by atoms with Crippen LogP contribution in [0.4, 0.5) is 0 Å². The van der Waals surface area contributed by atoms with Crippen LogP contribution in [0.2, 0.25) is 0 Å². The molecule has 8 heavy (non-hydrogen) atoms. The van der Waals surface area contributed by atoms with Crippen molar-refractivity contribution in [1.82, 2.24) is 5.32 Å². The fraction of sp³-hybridized carbons (Fsp3) is 0.400. The van der Waals surface area contributed by atoms with E-state index in [9.17, 15) is 4.79 Å². The third-order valence-corrected chi connectivity index (χ3v) is 0.561. The van der Waals surface area contributed by atoms with Gasteiger partial charge in [0.05, 0.1) is 7.11 Å². The Hall–Kier alpha value is -0.990. The van der Waals surface area contributed by atoms with Gasteiger partial charge in [-0.1, -0.05) is 0 Å². The lowest BCUT2D eigenvalue weighted by molar-refractivity contribution is -0.134. The van der Waals surface area contributed by atoms with E-state index in [1.54, 1.807) is 7.05 Å². The van der Waals surface area contributed by atoms with Crippen LogP contribution in [-0.2, 0) is 9.53 Å². The summed E-state index contributed by atoms with van der Waals surface area (Å²) in [4.78, 5) is 10.2. The highest BCUT2D eigenvalue weighted by Crippen LogP contribution is 1.73. The van der Waals surface area contributed by atoms with E-state index >= 15 is 0 Å². The number of carbonyl (C=O) groups is 1. The minimum atomic E-state index is -0.379. The van der Waals surface area contributed by atoms with Crippen molar-refractivity contribution >= 4 is 5.97 Å². The van der Waals surface area contributed by atoms with E-state index in [0.29, 0.717) is 0 Å². The monoisotopic (exact) mass is 114 g/mol. The fourth-order valence-electron chi connectivity index (χ4n) is 0.203. The van der Waals surface area contributed by atoms with Crippen LogP contribution in [0.5, 0.6) is 0 Å². The molecule has 0 aromatic heterocycles. The van der Waals surface area contributed by atoms with Crippen molar-refractivity contribution in [2.24, 2.45) is 0 Å². The van der Waals surface area contributed by atoms with Crippen LogP contribution in [0.1, 0.15) is 0 Å². The summed E-state index contributed by atoms with van der Waals surface area (Å²) in [6.45, 7) is 0. The second-order valence-corrected chi connectivity index (χ2v) is 1.10. The summed E-state index contributed by atoms with van der Waals surface area (Å²) in [6, 6.07) is 0. The molecule has 0 aliphatic heterocycles. The number of carbonyl (C=O) groups excluding carboxylic acids is 1. The summed E-state index contributed by atoms with van der Waals surface area (Å²) in [5.74, 6) is -0.379. The molecule has 0 atom stereocenters. The Morgan fingerprint density at radius 3 is 2.75 bits per heavy atom. The van der Waals surface area contributed by atoms with Gasteiger partial charge in [-0.3, -0.25) is 5.32 Å². The Kier molecular flexibility index (Phi) is 3.66. The van der Waals surface area contributed by atoms with Gasteiger partial charge >= 0.3 is 5.97 Å². The summed E-state index contributed by atoms with van der Waals surface area (Å²) in [5, 5.41) is 3.54. The van der Waals surface area contributed by atoms with Crippen molar-refractivity contribution in [2.75, 3.05) is 14.2 Å². The maximum Gasteiger partial charge on any atom is 0.332 e. The number of ether oxygens (including phenoxy) is 1. The number of hydrogen-bond acceptors (Lipinski definition) is 2. The van der Waals surface area contributed by atoms with Crippen LogP contribution in [-0.4, -0.2) is 20.1 Å². The molecule has 0 aliphatic carbocycles. The molecule has 0 heterocycles. The van der Waals surface area contributed by atoms with E-state index in [2.05, 4.69) is 10.1 Å². The lowest BCUT2D eigenvalue weighted by Crippen LogP contribution is -1.95. The molecule has 0 saturated carbocycles. The van der Waals surface area contributed by atoms with Crippen LogP contribution in [0.15, 0.2) is 12.3 Å². The van der Waals surface area contributed by atoms with Crippen molar-refractivity contribution < 1.29 is 9.53 Å². The zero-order valence-corrected chi connectivity index (χ0v) is 4.92. The van der Waals surface area contributed by atoms with Gasteiger partial charge in [0.2, 0.25) is 0 Å². The van der Waals surface area contributed by atoms with Gasteiger partial charge in [-0.25, -0.2) is 4.79 Å². The molecule has 0 fully saturated rings. The second-order valence-electron chi connectivity index (χ2n) is 1.10. The zero-order valence-electron chi connectivity index (χ0n) is 4.92. The molecule has 0 saturated heterocycles. The molecule has 0 rings (SSSR count). The molecular weight excluding hydrogens is 106 g/mol. The lowest BCUT2D eigenvalue weighted by atomic mass is 10.6. The molecule has 45 valence electrons. The van der Waals surface area contributed by atoms with Crippen molar-refractivity contribution in [1.29, 1.82) is 0 Å². The van der Waals surface area contributed by atoms with Crippen LogP contribution in [0.3, 0.4) is 0 Å². The van der Waals surface area contributed by atoms with Gasteiger partial charge in [0, 0.05) is 19.3 Å². The predicted molar refractivity (Wildman–Crippen MR) is 29.2 cm³/mol. The summed E-state index contributed by atoms with van der Waals surface area (Å²) in [5.41, 5.74) is 0. The van der Waals surface area contributed by atoms with Gasteiger partial charge in [-0.15, -0.1) is 0 Å². The number of nitrogens with zero attached hydrogens (tertiary/aromatic N) is 1. The smallest absolute Gasteiger partial charge is 0.332 e. The van der Waals surface area contributed by atoms with E-state index in [1.807, 2.05) is 0 Å². The molecule has 3 heteroatoms. The first-order chi connectivity index (χ1) is 3.81. The molecule has 3 nitrogen and oxygen atoms in total. The van der Waals surface area contributed by atoms with Gasteiger partial charge in [0.15, 0.2) is 0 Å². The van der Waals surface area contributed by atoms with E-state index in [0.717, 1.165) is 0 Å². The van der Waals surface area contributed by atoms with Crippen molar-refractivity contribution in [2.45, 2.75) is 0 Å². The van der Waals surface area contributed by atoms with Crippen LogP contribution in [0.25, 0.3) is 0 Å². The minimum absolute atomic E-state index is 0.379. The number of rotatable bonds is 2. The first kappa shape index (κ1) is 7.01. The maximum absolute atomic E-state index is 10.2. The van der Waals surface area contributed by atoms with Crippen LogP contribution < -0.4 is 5.32 Å². The predicted octanol–water partition coefficient (Wildman–Crippen LogP) is -0.0927. The molecule has 1 radical (unpaired) electrons. The highest BCUT2D eigenvalue weighted by Gasteiger charge is 1.86. The van der Waals surface area contributed by atoms with E-state index in [1.165, 1.54) is 19.4 Å². The van der Waals surface area contributed by atoms with Gasteiger partial charge < -0.3 is 4.74 Å². The standard InChI is InChI=1S/C5H8NO2/c1-6-4-3-5(7)8-2/h3-4H,1-2H3/b4-3+. The Bertz CT molecular complexity index is 98.6. The van der Waals surface area contributed by atoms with Gasteiger partial charge in [-0.2, -0.15) is 0 Å². The Balaban J connectivity index is 3.37. The molecule has 0 spiro atoms. The van der Waals surface area contributed by atoms with E-state index < -0.39 is 0 Å². The normalized spacial score (nSPS) is 9.25. The molecule has 0 aromatic rings. The largest absolute Gasteiger partial charge is 0.466 e. The summed E-state index contributed by atoms with van der Waals surface area (Å²) in [7, 11) is 2.90. The first-order valence-corrected chi connectivity index (χ1v) is 2.14. The SMILES string of the molecule is C[N]/C=C/C(=O)OC. The quantitative estimate of drug-likeness (QED) is 0.371. The number of esters is 1. The lowest BCUT2D eigenvalue weighted by Gasteiger charge is -1.86. The summed E-state index contributed by atoms with van der Waals surface area (Å²) < 4.78 is 4.27. The molecule has 0 amide bonds. The molecular formula is C5H8NO2. The molecule has 0 aliphatic rings.